The van der Waals surface area contributed by atoms with Crippen LogP contribution in [0.5, 0.6) is 0 Å². The van der Waals surface area contributed by atoms with E-state index in [0.717, 1.165) is 24.3 Å². The van der Waals surface area contributed by atoms with E-state index in [1.807, 2.05) is 36.4 Å². The number of benzene rings is 2. The maximum Gasteiger partial charge on any atom is 0.261 e. The van der Waals surface area contributed by atoms with Gasteiger partial charge in [-0.2, -0.15) is 0 Å². The van der Waals surface area contributed by atoms with E-state index in [2.05, 4.69) is 17.0 Å². The summed E-state index contributed by atoms with van der Waals surface area (Å²) < 4.78 is 1.62. The molecule has 0 aliphatic carbocycles. The third-order valence-corrected chi connectivity index (χ3v) is 5.12. The number of para-hydroxylation sites is 1. The Morgan fingerprint density at radius 1 is 1.16 bits per heavy atom. The first-order valence-corrected chi connectivity index (χ1v) is 8.56. The SMILES string of the molecule is Cn1c(CN2CCc3ccccc3C2CO)nc2ccccc2c1=O. The van der Waals surface area contributed by atoms with Gasteiger partial charge in [0, 0.05) is 13.6 Å². The molecule has 0 saturated carbocycles. The van der Waals surface area contributed by atoms with E-state index in [-0.39, 0.29) is 18.2 Å². The lowest BCUT2D eigenvalue weighted by Crippen LogP contribution is -2.38. The van der Waals surface area contributed by atoms with Gasteiger partial charge in [-0.3, -0.25) is 14.3 Å². The third-order valence-electron chi connectivity index (χ3n) is 5.12. The van der Waals surface area contributed by atoms with Crippen LogP contribution >= 0.6 is 0 Å². The number of aliphatic hydroxyl groups excluding tert-OH is 1. The van der Waals surface area contributed by atoms with Crippen molar-refractivity contribution < 1.29 is 5.11 Å². The minimum absolute atomic E-state index is 0.0291. The van der Waals surface area contributed by atoms with Gasteiger partial charge in [0.05, 0.1) is 30.1 Å². The predicted octanol–water partition coefficient (Wildman–Crippen LogP) is 2.03. The minimum atomic E-state index is -0.0617. The summed E-state index contributed by atoms with van der Waals surface area (Å²) in [5, 5.41) is 10.6. The van der Waals surface area contributed by atoms with E-state index < -0.39 is 0 Å². The number of hydrogen-bond acceptors (Lipinski definition) is 4. The second kappa shape index (κ2) is 6.43. The summed E-state index contributed by atoms with van der Waals surface area (Å²) in [5.41, 5.74) is 3.15. The van der Waals surface area contributed by atoms with Crippen molar-refractivity contribution in [2.45, 2.75) is 19.0 Å². The molecule has 0 spiro atoms. The van der Waals surface area contributed by atoms with Crippen molar-refractivity contribution in [2.24, 2.45) is 7.05 Å². The molecule has 1 N–H and O–H groups in total. The van der Waals surface area contributed by atoms with Crippen LogP contribution < -0.4 is 5.56 Å². The van der Waals surface area contributed by atoms with Crippen molar-refractivity contribution in [1.29, 1.82) is 0 Å². The topological polar surface area (TPSA) is 58.4 Å². The first-order chi connectivity index (χ1) is 12.2. The monoisotopic (exact) mass is 335 g/mol. The van der Waals surface area contributed by atoms with Crippen molar-refractivity contribution in [1.82, 2.24) is 14.5 Å². The molecule has 1 aliphatic rings. The smallest absolute Gasteiger partial charge is 0.261 e. The first kappa shape index (κ1) is 16.0. The first-order valence-electron chi connectivity index (χ1n) is 8.56. The Bertz CT molecular complexity index is 980. The number of rotatable bonds is 3. The van der Waals surface area contributed by atoms with Gasteiger partial charge in [-0.05, 0) is 29.7 Å². The molecule has 3 aromatic rings. The Morgan fingerprint density at radius 2 is 1.92 bits per heavy atom. The van der Waals surface area contributed by atoms with Crippen LogP contribution in [0.2, 0.25) is 0 Å². The van der Waals surface area contributed by atoms with Gasteiger partial charge in [0.15, 0.2) is 0 Å². The molecule has 25 heavy (non-hydrogen) atoms. The fourth-order valence-electron chi connectivity index (χ4n) is 3.69. The number of aromatic nitrogens is 2. The van der Waals surface area contributed by atoms with E-state index in [1.54, 1.807) is 11.6 Å². The van der Waals surface area contributed by atoms with Gasteiger partial charge in [0.25, 0.3) is 5.56 Å². The maximum absolute atomic E-state index is 12.6. The summed E-state index contributed by atoms with van der Waals surface area (Å²) in [7, 11) is 1.77. The fourth-order valence-corrected chi connectivity index (χ4v) is 3.69. The van der Waals surface area contributed by atoms with Gasteiger partial charge >= 0.3 is 0 Å². The van der Waals surface area contributed by atoms with Gasteiger partial charge in [-0.1, -0.05) is 36.4 Å². The van der Waals surface area contributed by atoms with Crippen molar-refractivity contribution >= 4 is 10.9 Å². The summed E-state index contributed by atoms with van der Waals surface area (Å²) in [4.78, 5) is 19.5. The van der Waals surface area contributed by atoms with E-state index >= 15 is 0 Å². The Balaban J connectivity index is 1.72. The number of nitrogens with zero attached hydrogens (tertiary/aromatic N) is 3. The molecule has 2 aromatic carbocycles. The summed E-state index contributed by atoms with van der Waals surface area (Å²) in [6.45, 7) is 1.43. The second-order valence-corrected chi connectivity index (χ2v) is 6.53. The van der Waals surface area contributed by atoms with E-state index in [4.69, 9.17) is 4.98 Å². The lowest BCUT2D eigenvalue weighted by atomic mass is 9.93. The molecule has 0 saturated heterocycles. The summed E-state index contributed by atoms with van der Waals surface area (Å²) in [6, 6.07) is 15.6. The highest BCUT2D eigenvalue weighted by molar-refractivity contribution is 5.77. The fraction of sp³-hybridized carbons (Fsp3) is 0.300. The minimum Gasteiger partial charge on any atom is -0.394 e. The molecular weight excluding hydrogens is 314 g/mol. The highest BCUT2D eigenvalue weighted by atomic mass is 16.3. The van der Waals surface area contributed by atoms with Crippen LogP contribution in [-0.2, 0) is 20.0 Å². The lowest BCUT2D eigenvalue weighted by Gasteiger charge is -2.36. The summed E-state index contributed by atoms with van der Waals surface area (Å²) in [6.07, 6.45) is 0.939. The van der Waals surface area contributed by atoms with Gasteiger partial charge in [-0.15, -0.1) is 0 Å². The Morgan fingerprint density at radius 3 is 2.76 bits per heavy atom. The zero-order valence-corrected chi connectivity index (χ0v) is 14.2. The molecule has 128 valence electrons. The molecule has 1 atom stereocenters. The third kappa shape index (κ3) is 2.75. The predicted molar refractivity (Wildman–Crippen MR) is 97.4 cm³/mol. The molecule has 2 heterocycles. The zero-order valence-electron chi connectivity index (χ0n) is 14.2. The van der Waals surface area contributed by atoms with Crippen LogP contribution in [0.25, 0.3) is 10.9 Å². The number of hydrogen-bond donors (Lipinski definition) is 1. The molecule has 5 heteroatoms. The number of fused-ring (bicyclic) bond motifs is 2. The number of aliphatic hydroxyl groups is 1. The van der Waals surface area contributed by atoms with E-state index in [1.165, 1.54) is 11.1 Å². The van der Waals surface area contributed by atoms with Gasteiger partial charge in [0.1, 0.15) is 5.82 Å². The van der Waals surface area contributed by atoms with Crippen molar-refractivity contribution in [3.8, 4) is 0 Å². The molecule has 4 rings (SSSR count). The molecule has 0 fully saturated rings. The standard InChI is InChI=1S/C20H21N3O2/c1-22-19(21-17-9-5-4-8-16(17)20(22)25)12-23-11-10-14-6-2-3-7-15(14)18(23)13-24/h2-9,18,24H,10-13H2,1H3. The van der Waals surface area contributed by atoms with Gasteiger partial charge in [-0.25, -0.2) is 4.98 Å². The van der Waals surface area contributed by atoms with Crippen molar-refractivity contribution in [3.05, 3.63) is 75.8 Å². The maximum atomic E-state index is 12.6. The van der Waals surface area contributed by atoms with Crippen LogP contribution in [0.3, 0.4) is 0 Å². The van der Waals surface area contributed by atoms with Gasteiger partial charge < -0.3 is 5.11 Å². The average Bonchev–Trinajstić information content (AvgIpc) is 2.65. The largest absolute Gasteiger partial charge is 0.394 e. The molecule has 0 amide bonds. The quantitative estimate of drug-likeness (QED) is 0.796. The van der Waals surface area contributed by atoms with E-state index in [9.17, 15) is 9.90 Å². The molecule has 1 aliphatic heterocycles. The molecule has 1 unspecified atom stereocenters. The molecular formula is C20H21N3O2. The second-order valence-electron chi connectivity index (χ2n) is 6.53. The summed E-state index contributed by atoms with van der Waals surface area (Å²) in [5.74, 6) is 0.724. The van der Waals surface area contributed by atoms with Gasteiger partial charge in [0.2, 0.25) is 0 Å². The summed E-state index contributed by atoms with van der Waals surface area (Å²) >= 11 is 0. The van der Waals surface area contributed by atoms with Crippen LogP contribution in [0.1, 0.15) is 23.0 Å². The molecule has 0 bridgehead atoms. The van der Waals surface area contributed by atoms with Crippen LogP contribution in [0.4, 0.5) is 0 Å². The molecule has 1 aromatic heterocycles. The Hall–Kier alpha value is -2.50. The average molecular weight is 335 g/mol. The molecule has 5 nitrogen and oxygen atoms in total. The highest BCUT2D eigenvalue weighted by Crippen LogP contribution is 2.30. The Kier molecular flexibility index (Phi) is 4.11. The van der Waals surface area contributed by atoms with Crippen LogP contribution in [0.15, 0.2) is 53.3 Å². The van der Waals surface area contributed by atoms with Crippen LogP contribution in [-0.4, -0.2) is 32.7 Å². The zero-order chi connectivity index (χ0) is 17.4. The molecule has 0 radical (unpaired) electrons. The van der Waals surface area contributed by atoms with E-state index in [0.29, 0.717) is 11.9 Å². The lowest BCUT2D eigenvalue weighted by molar-refractivity contribution is 0.104. The normalized spacial score (nSPS) is 17.6. The van der Waals surface area contributed by atoms with Crippen molar-refractivity contribution in [2.75, 3.05) is 13.2 Å². The van der Waals surface area contributed by atoms with Crippen molar-refractivity contribution in [3.63, 3.8) is 0 Å². The highest BCUT2D eigenvalue weighted by Gasteiger charge is 2.27. The van der Waals surface area contributed by atoms with Crippen LogP contribution in [0, 0.1) is 0 Å². The Labute approximate surface area is 146 Å².